The van der Waals surface area contributed by atoms with Crippen LogP contribution in [0.3, 0.4) is 0 Å². The van der Waals surface area contributed by atoms with Gasteiger partial charge in [-0.2, -0.15) is 0 Å². The molecule has 0 bridgehead atoms. The summed E-state index contributed by atoms with van der Waals surface area (Å²) in [6, 6.07) is 3.34. The number of thiol groups is 1. The number of carbonyl (C=O) groups is 2. The van der Waals surface area contributed by atoms with Gasteiger partial charge in [-0.05, 0) is 49.1 Å². The standard InChI is InChI=1S/C22H23Cl2F3N6O4S/c1-20(2)18(32-19(35)36)33-21(3,13-7-22(26,27)9-29-38(13,20)37)16-12(25)4-5-14(30-16)31-17(34)15-11(24)6-10(23)8-28-15/h4-6,8,13,38H,7,9H2,1-3H3,(H,29,37)(H,32,33)(H,35,36)(H,30,31,34)/t13-,21+/m1/s1. The minimum absolute atomic E-state index is 0.0655. The van der Waals surface area contributed by atoms with Gasteiger partial charge in [0.25, 0.3) is 11.8 Å². The molecule has 10 nitrogen and oxygen atoms in total. The third-order valence-electron chi connectivity index (χ3n) is 6.72. The molecule has 4 rings (SSSR count). The van der Waals surface area contributed by atoms with Gasteiger partial charge in [-0.1, -0.05) is 23.2 Å². The van der Waals surface area contributed by atoms with Crippen molar-refractivity contribution in [2.75, 3.05) is 11.9 Å². The van der Waals surface area contributed by atoms with Gasteiger partial charge in [-0.15, -0.1) is 0 Å². The molecule has 1 saturated heterocycles. The van der Waals surface area contributed by atoms with Gasteiger partial charge in [0.15, 0.2) is 0 Å². The molecule has 4 N–H and O–H groups in total. The van der Waals surface area contributed by atoms with E-state index < -0.39 is 68.1 Å². The number of fused-ring (bicyclic) bond motifs is 1. The summed E-state index contributed by atoms with van der Waals surface area (Å²) in [4.78, 5) is 36.6. The predicted octanol–water partition coefficient (Wildman–Crippen LogP) is 3.78. The van der Waals surface area contributed by atoms with Crippen LogP contribution in [-0.2, 0) is 15.7 Å². The Hall–Kier alpha value is -2.81. The lowest BCUT2D eigenvalue weighted by Crippen LogP contribution is -2.73. The number of hydrogen-bond acceptors (Lipinski definition) is 6. The number of pyridine rings is 2. The Morgan fingerprint density at radius 2 is 1.89 bits per heavy atom. The van der Waals surface area contributed by atoms with Gasteiger partial charge >= 0.3 is 6.09 Å². The van der Waals surface area contributed by atoms with Gasteiger partial charge in [-0.3, -0.25) is 24.0 Å². The van der Waals surface area contributed by atoms with Crippen LogP contribution in [0.5, 0.6) is 0 Å². The summed E-state index contributed by atoms with van der Waals surface area (Å²) >= 11 is 11.8. The van der Waals surface area contributed by atoms with Crippen LogP contribution in [0.1, 0.15) is 43.4 Å². The lowest BCUT2D eigenvalue weighted by atomic mass is 9.88. The number of carboxylic acid groups (broad SMARTS) is 1. The molecule has 206 valence electrons. The molecule has 2 aromatic rings. The smallest absolute Gasteiger partial charge is 0.410 e. The van der Waals surface area contributed by atoms with Crippen LogP contribution in [0.15, 0.2) is 29.4 Å². The molecule has 2 amide bonds. The molecular formula is C22H23Cl2F3N6O4S. The third-order valence-corrected chi connectivity index (χ3v) is 11.3. The number of carbonyl (C=O) groups excluding carboxylic acids is 1. The highest BCUT2D eigenvalue weighted by Crippen LogP contribution is 2.50. The number of amides is 2. The molecular weight excluding hydrogens is 572 g/mol. The fourth-order valence-electron chi connectivity index (χ4n) is 4.68. The number of aromatic nitrogens is 2. The first-order valence-corrected chi connectivity index (χ1v) is 13.7. The van der Waals surface area contributed by atoms with Crippen LogP contribution in [0.2, 0.25) is 10.0 Å². The summed E-state index contributed by atoms with van der Waals surface area (Å²) in [6.07, 6.45) is -1.27. The molecule has 16 heteroatoms. The lowest BCUT2D eigenvalue weighted by molar-refractivity contribution is -0.0139. The molecule has 2 atom stereocenters. The van der Waals surface area contributed by atoms with Crippen molar-refractivity contribution in [3.8, 4) is 0 Å². The van der Waals surface area contributed by atoms with Crippen molar-refractivity contribution in [1.29, 1.82) is 0 Å². The highest BCUT2D eigenvalue weighted by molar-refractivity contribution is 8.04. The second-order valence-corrected chi connectivity index (χ2v) is 13.8. The zero-order valence-electron chi connectivity index (χ0n) is 20.2. The summed E-state index contributed by atoms with van der Waals surface area (Å²) in [6.45, 7) is 3.16. The quantitative estimate of drug-likeness (QED) is 0.342. The van der Waals surface area contributed by atoms with E-state index >= 15 is 4.39 Å². The molecule has 4 heterocycles. The number of amidine groups is 1. The fourth-order valence-corrected chi connectivity index (χ4v) is 8.84. The van der Waals surface area contributed by atoms with Crippen LogP contribution in [0, 0.1) is 5.82 Å². The Morgan fingerprint density at radius 3 is 2.53 bits per heavy atom. The van der Waals surface area contributed by atoms with Crippen molar-refractivity contribution in [2.24, 2.45) is 4.99 Å². The molecule has 0 radical (unpaired) electrons. The minimum Gasteiger partial charge on any atom is -0.465 e. The number of aliphatic imine (C=N–C) groups is 1. The van der Waals surface area contributed by atoms with E-state index in [9.17, 15) is 27.7 Å². The van der Waals surface area contributed by atoms with Gasteiger partial charge in [0.2, 0.25) is 0 Å². The summed E-state index contributed by atoms with van der Waals surface area (Å²) in [5, 5.41) is 12.5. The summed E-state index contributed by atoms with van der Waals surface area (Å²) < 4.78 is 59.8. The number of alkyl halides is 2. The Labute approximate surface area is 226 Å². The van der Waals surface area contributed by atoms with Crippen molar-refractivity contribution in [2.45, 2.75) is 48.7 Å². The van der Waals surface area contributed by atoms with Crippen LogP contribution in [-0.4, -0.2) is 59.6 Å². The molecule has 0 aliphatic carbocycles. The molecule has 2 aromatic heterocycles. The van der Waals surface area contributed by atoms with Crippen molar-refractivity contribution < 1.29 is 32.1 Å². The number of nitrogens with zero attached hydrogens (tertiary/aromatic N) is 3. The van der Waals surface area contributed by atoms with E-state index in [4.69, 9.17) is 23.2 Å². The van der Waals surface area contributed by atoms with Crippen LogP contribution in [0.25, 0.3) is 0 Å². The van der Waals surface area contributed by atoms with E-state index in [1.54, 1.807) is 0 Å². The van der Waals surface area contributed by atoms with Gasteiger partial charge < -0.3 is 10.4 Å². The van der Waals surface area contributed by atoms with E-state index in [0.717, 1.165) is 12.1 Å². The molecule has 0 saturated carbocycles. The maximum Gasteiger partial charge on any atom is 0.410 e. The van der Waals surface area contributed by atoms with E-state index in [-0.39, 0.29) is 27.4 Å². The van der Waals surface area contributed by atoms with Crippen molar-refractivity contribution in [3.05, 3.63) is 51.6 Å². The van der Waals surface area contributed by atoms with Crippen molar-refractivity contribution in [3.63, 3.8) is 0 Å². The molecule has 38 heavy (non-hydrogen) atoms. The van der Waals surface area contributed by atoms with Crippen molar-refractivity contribution >= 4 is 57.0 Å². The fraction of sp³-hybridized carbons (Fsp3) is 0.409. The van der Waals surface area contributed by atoms with E-state index in [1.165, 1.54) is 33.0 Å². The molecule has 0 unspecified atom stereocenters. The van der Waals surface area contributed by atoms with E-state index in [2.05, 4.69) is 30.3 Å². The number of rotatable bonds is 3. The highest BCUT2D eigenvalue weighted by Gasteiger charge is 2.62. The first kappa shape index (κ1) is 28.2. The maximum absolute atomic E-state index is 15.3. The topological polar surface area (TPSA) is 146 Å². The molecule has 0 aromatic carbocycles. The van der Waals surface area contributed by atoms with Gasteiger partial charge in [0, 0.05) is 12.6 Å². The average Bonchev–Trinajstić information content (AvgIpc) is 2.80. The van der Waals surface area contributed by atoms with Crippen LogP contribution >= 0.6 is 23.2 Å². The Balaban J connectivity index is 1.85. The van der Waals surface area contributed by atoms with Crippen molar-refractivity contribution in [1.82, 2.24) is 20.0 Å². The lowest BCUT2D eigenvalue weighted by Gasteiger charge is -2.57. The highest BCUT2D eigenvalue weighted by atomic mass is 35.5. The van der Waals surface area contributed by atoms with Crippen LogP contribution in [0.4, 0.5) is 23.8 Å². The average molecular weight is 595 g/mol. The Kier molecular flexibility index (Phi) is 7.00. The molecule has 2 aliphatic rings. The zero-order valence-corrected chi connectivity index (χ0v) is 22.6. The van der Waals surface area contributed by atoms with Gasteiger partial charge in [-0.25, -0.2) is 27.9 Å². The van der Waals surface area contributed by atoms with Crippen LogP contribution < -0.4 is 15.4 Å². The minimum atomic E-state index is -3.94. The van der Waals surface area contributed by atoms with E-state index in [0.29, 0.717) is 0 Å². The van der Waals surface area contributed by atoms with E-state index in [1.807, 2.05) is 0 Å². The second-order valence-electron chi connectivity index (χ2n) is 9.63. The SMILES string of the molecule is CC1(C)C(NC(=O)O)=N[C@](C)(c2nc(NC(=O)c3ncc(Cl)cc3Cl)ccc2F)[C@H]2CC(F)(F)CN[SH]21=O. The molecule has 2 aliphatic heterocycles. The Morgan fingerprint density at radius 1 is 1.21 bits per heavy atom. The first-order valence-electron chi connectivity index (χ1n) is 11.1. The molecule has 0 spiro atoms. The third kappa shape index (κ3) is 4.74. The maximum atomic E-state index is 15.3. The normalized spacial score (nSPS) is 25.9. The number of nitrogens with one attached hydrogen (secondary N) is 3. The predicted molar refractivity (Wildman–Crippen MR) is 137 cm³/mol. The largest absolute Gasteiger partial charge is 0.465 e. The monoisotopic (exact) mass is 594 g/mol. The first-order chi connectivity index (χ1) is 17.5. The van der Waals surface area contributed by atoms with Gasteiger partial charge in [0.05, 0.1) is 26.6 Å². The Bertz CT molecular complexity index is 1430. The summed E-state index contributed by atoms with van der Waals surface area (Å²) in [5.41, 5.74) is -2.75. The molecule has 1 fully saturated rings. The number of hydrogen-bond donors (Lipinski definition) is 5. The number of anilines is 1. The summed E-state index contributed by atoms with van der Waals surface area (Å²) in [7, 11) is -3.94. The van der Waals surface area contributed by atoms with Gasteiger partial charge in [0.1, 0.15) is 34.4 Å². The number of halogens is 5. The summed E-state index contributed by atoms with van der Waals surface area (Å²) in [5.74, 6) is -5.65. The second kappa shape index (κ2) is 9.43. The zero-order chi connectivity index (χ0) is 28.3.